The van der Waals surface area contributed by atoms with E-state index < -0.39 is 6.29 Å². The Kier molecular flexibility index (Phi) is 6.93. The number of ether oxygens (including phenoxy) is 2. The summed E-state index contributed by atoms with van der Waals surface area (Å²) in [4.78, 5) is 13.0. The maximum atomic E-state index is 13.0. The van der Waals surface area contributed by atoms with Gasteiger partial charge in [-0.15, -0.1) is 0 Å². The summed E-state index contributed by atoms with van der Waals surface area (Å²) in [5.74, 6) is -0.151. The summed E-state index contributed by atoms with van der Waals surface area (Å²) < 4.78 is 17.8. The molecule has 1 amide bonds. The number of carbonyl (C=O) groups is 1. The van der Waals surface area contributed by atoms with Gasteiger partial charge in [-0.25, -0.2) is 0 Å². The van der Waals surface area contributed by atoms with Gasteiger partial charge in [-0.1, -0.05) is 72.8 Å². The van der Waals surface area contributed by atoms with Crippen molar-refractivity contribution in [2.75, 3.05) is 0 Å². The second-order valence-corrected chi connectivity index (χ2v) is 8.56. The number of hydrogen-bond acceptors (Lipinski definition) is 5. The van der Waals surface area contributed by atoms with Gasteiger partial charge in [-0.2, -0.15) is 0 Å². The zero-order valence-electron chi connectivity index (χ0n) is 19.2. The Bertz CT molecular complexity index is 1310. The molecule has 0 fully saturated rings. The van der Waals surface area contributed by atoms with E-state index in [0.717, 1.165) is 33.2 Å². The third-order valence-electron chi connectivity index (χ3n) is 6.13. The van der Waals surface area contributed by atoms with E-state index in [-0.39, 0.29) is 24.2 Å². The lowest BCUT2D eigenvalue weighted by Gasteiger charge is -2.29. The second-order valence-electron chi connectivity index (χ2n) is 8.56. The van der Waals surface area contributed by atoms with Crippen molar-refractivity contribution in [1.29, 1.82) is 0 Å². The number of aliphatic hydroxyl groups excluding tert-OH is 1. The second kappa shape index (κ2) is 10.6. The van der Waals surface area contributed by atoms with Crippen LogP contribution in [0.1, 0.15) is 34.6 Å². The van der Waals surface area contributed by atoms with Crippen LogP contribution in [0.5, 0.6) is 0 Å². The van der Waals surface area contributed by atoms with E-state index in [1.807, 2.05) is 84.9 Å². The highest BCUT2D eigenvalue weighted by Gasteiger charge is 2.30. The van der Waals surface area contributed by atoms with Gasteiger partial charge in [0, 0.05) is 29.8 Å². The van der Waals surface area contributed by atoms with E-state index in [0.29, 0.717) is 19.6 Å². The summed E-state index contributed by atoms with van der Waals surface area (Å²) in [5, 5.41) is 13.2. The van der Waals surface area contributed by atoms with Crippen LogP contribution in [0.4, 0.5) is 0 Å². The lowest BCUT2D eigenvalue weighted by atomic mass is 9.92. The minimum absolute atomic E-state index is 0.000538. The third kappa shape index (κ3) is 5.45. The van der Waals surface area contributed by atoms with Crippen molar-refractivity contribution in [3.63, 3.8) is 0 Å². The number of carbonyl (C=O) groups excluding carboxylic acids is 1. The summed E-state index contributed by atoms with van der Waals surface area (Å²) in [5.41, 5.74) is 4.61. The molecule has 0 saturated carbocycles. The number of nitrogens with one attached hydrogen (secondary N) is 1. The summed E-state index contributed by atoms with van der Waals surface area (Å²) in [7, 11) is 0. The van der Waals surface area contributed by atoms with Crippen LogP contribution >= 0.6 is 0 Å². The molecule has 2 atom stereocenters. The van der Waals surface area contributed by atoms with Crippen LogP contribution in [0, 0.1) is 0 Å². The van der Waals surface area contributed by atoms with Crippen molar-refractivity contribution >= 4 is 16.9 Å². The number of fused-ring (bicyclic) bond motifs is 1. The predicted molar refractivity (Wildman–Crippen MR) is 132 cm³/mol. The maximum absolute atomic E-state index is 13.0. The quantitative estimate of drug-likeness (QED) is 0.372. The minimum Gasteiger partial charge on any atom is -0.464 e. The highest BCUT2D eigenvalue weighted by Crippen LogP contribution is 2.36. The summed E-state index contributed by atoms with van der Waals surface area (Å²) in [6, 6.07) is 25.2. The van der Waals surface area contributed by atoms with Gasteiger partial charge >= 0.3 is 0 Å². The first kappa shape index (κ1) is 22.9. The molecule has 0 radical (unpaired) electrons. The molecule has 5 rings (SSSR count). The van der Waals surface area contributed by atoms with Gasteiger partial charge in [0.05, 0.1) is 19.5 Å². The van der Waals surface area contributed by atoms with E-state index in [4.69, 9.17) is 13.9 Å². The van der Waals surface area contributed by atoms with Gasteiger partial charge in [0.2, 0.25) is 6.29 Å². The summed E-state index contributed by atoms with van der Waals surface area (Å²) in [6.45, 7) is 0.732. The molecule has 0 spiro atoms. The average Bonchev–Trinajstić information content (AvgIpc) is 3.35. The van der Waals surface area contributed by atoms with Crippen molar-refractivity contribution in [3.8, 4) is 0 Å². The van der Waals surface area contributed by atoms with Gasteiger partial charge in [0.15, 0.2) is 5.76 Å². The number of hydrogen-bond donors (Lipinski definition) is 2. The largest absolute Gasteiger partial charge is 0.464 e. The van der Waals surface area contributed by atoms with E-state index in [1.165, 1.54) is 0 Å². The monoisotopic (exact) mass is 469 g/mol. The molecule has 6 nitrogen and oxygen atoms in total. The Hall–Kier alpha value is -3.87. The Labute approximate surface area is 203 Å². The van der Waals surface area contributed by atoms with Gasteiger partial charge in [-0.3, -0.25) is 4.79 Å². The molecule has 6 heteroatoms. The first-order valence-electron chi connectivity index (χ1n) is 11.7. The molecule has 1 aliphatic rings. The van der Waals surface area contributed by atoms with Crippen LogP contribution in [0.25, 0.3) is 11.0 Å². The van der Waals surface area contributed by atoms with Crippen LogP contribution in [0.15, 0.2) is 101 Å². The van der Waals surface area contributed by atoms with Crippen LogP contribution < -0.4 is 5.32 Å². The number of rotatable bonds is 8. The Balaban J connectivity index is 1.34. The molecule has 178 valence electrons. The molecule has 1 aliphatic heterocycles. The SMILES string of the molecule is O=C(NCc1ccccc1)C1=C[C@@H](c2coc3ccccc23)C[C@@H](OCc2ccc(CO)cc2)O1. The van der Waals surface area contributed by atoms with Gasteiger partial charge in [0.25, 0.3) is 5.91 Å². The van der Waals surface area contributed by atoms with Crippen LogP contribution in [0.2, 0.25) is 0 Å². The Morgan fingerprint density at radius 1 is 0.943 bits per heavy atom. The Morgan fingerprint density at radius 2 is 1.69 bits per heavy atom. The summed E-state index contributed by atoms with van der Waals surface area (Å²) in [6.07, 6.45) is 3.55. The standard InChI is InChI=1S/C29H27NO5/c31-17-21-10-12-22(13-11-21)18-34-28-15-23(25-19-33-26-9-5-4-8-24(25)26)14-27(35-28)29(32)30-16-20-6-2-1-3-7-20/h1-14,19,23,28,31H,15-18H2,(H,30,32)/t23-,28+/m1/s1. The number of aliphatic hydroxyl groups is 1. The zero-order chi connectivity index (χ0) is 24.0. The third-order valence-corrected chi connectivity index (χ3v) is 6.13. The Morgan fingerprint density at radius 3 is 2.49 bits per heavy atom. The smallest absolute Gasteiger partial charge is 0.286 e. The van der Waals surface area contributed by atoms with Gasteiger partial charge < -0.3 is 24.3 Å². The number of amides is 1. The first-order valence-corrected chi connectivity index (χ1v) is 11.7. The van der Waals surface area contributed by atoms with Crippen molar-refractivity contribution in [2.24, 2.45) is 0 Å². The van der Waals surface area contributed by atoms with E-state index >= 15 is 0 Å². The fourth-order valence-electron chi connectivity index (χ4n) is 4.22. The first-order chi connectivity index (χ1) is 17.2. The molecule has 2 N–H and O–H groups in total. The van der Waals surface area contributed by atoms with Crippen molar-refractivity contribution in [1.82, 2.24) is 5.32 Å². The fraction of sp³-hybridized carbons (Fsp3) is 0.207. The predicted octanol–water partition coefficient (Wildman–Crippen LogP) is 5.17. The van der Waals surface area contributed by atoms with Crippen molar-refractivity contribution in [3.05, 3.63) is 119 Å². The number of allylic oxidation sites excluding steroid dienone is 1. The number of para-hydroxylation sites is 1. The molecular formula is C29H27NO5. The fourth-order valence-corrected chi connectivity index (χ4v) is 4.22. The molecule has 35 heavy (non-hydrogen) atoms. The summed E-state index contributed by atoms with van der Waals surface area (Å²) >= 11 is 0. The molecule has 0 saturated heterocycles. The van der Waals surface area contributed by atoms with Crippen LogP contribution in [-0.2, 0) is 34.0 Å². The van der Waals surface area contributed by atoms with Crippen LogP contribution in [-0.4, -0.2) is 17.3 Å². The topological polar surface area (TPSA) is 80.9 Å². The van der Waals surface area contributed by atoms with Crippen molar-refractivity contribution < 1.29 is 23.8 Å². The maximum Gasteiger partial charge on any atom is 0.286 e. The van der Waals surface area contributed by atoms with E-state index in [9.17, 15) is 9.90 Å². The highest BCUT2D eigenvalue weighted by atomic mass is 16.7. The molecule has 3 aromatic carbocycles. The lowest BCUT2D eigenvalue weighted by Crippen LogP contribution is -2.32. The lowest BCUT2D eigenvalue weighted by molar-refractivity contribution is -0.150. The number of furan rings is 1. The number of benzene rings is 3. The normalized spacial score (nSPS) is 17.6. The molecule has 0 bridgehead atoms. The van der Waals surface area contributed by atoms with Crippen LogP contribution in [0.3, 0.4) is 0 Å². The molecule has 4 aromatic rings. The molecule has 1 aromatic heterocycles. The highest BCUT2D eigenvalue weighted by molar-refractivity contribution is 5.92. The molecule has 0 aliphatic carbocycles. The van der Waals surface area contributed by atoms with E-state index in [1.54, 1.807) is 6.26 Å². The zero-order valence-corrected chi connectivity index (χ0v) is 19.2. The van der Waals surface area contributed by atoms with Crippen molar-refractivity contribution in [2.45, 2.75) is 38.4 Å². The molecule has 2 heterocycles. The van der Waals surface area contributed by atoms with E-state index in [2.05, 4.69) is 5.32 Å². The van der Waals surface area contributed by atoms with Gasteiger partial charge in [0.1, 0.15) is 5.58 Å². The average molecular weight is 470 g/mol. The minimum atomic E-state index is -0.603. The van der Waals surface area contributed by atoms with Gasteiger partial charge in [-0.05, 0) is 28.8 Å². The molecular weight excluding hydrogens is 442 g/mol. The molecule has 0 unspecified atom stereocenters.